The maximum atomic E-state index is 14.1. The highest BCUT2D eigenvalue weighted by Gasteiger charge is 2.28. The van der Waals surface area contributed by atoms with Gasteiger partial charge in [0.2, 0.25) is 11.6 Å². The fourth-order valence-corrected chi connectivity index (χ4v) is 4.81. The molecule has 120 valence electrons. The van der Waals surface area contributed by atoms with Crippen LogP contribution in [0.25, 0.3) is 20.2 Å². The van der Waals surface area contributed by atoms with Crippen molar-refractivity contribution in [2.24, 2.45) is 0 Å². The lowest BCUT2D eigenvalue weighted by Gasteiger charge is -2.09. The summed E-state index contributed by atoms with van der Waals surface area (Å²) in [5.41, 5.74) is -0.719. The average Bonchev–Trinajstić information content (AvgIpc) is 3.15. The Morgan fingerprint density at radius 2 is 1.30 bits per heavy atom. The maximum Gasteiger partial charge on any atom is 0.204 e. The number of hydrogen-bond donors (Lipinski definition) is 0. The van der Waals surface area contributed by atoms with Gasteiger partial charge < -0.3 is 4.74 Å². The zero-order valence-electron chi connectivity index (χ0n) is 11.4. The molecule has 0 bridgehead atoms. The normalized spacial score (nSPS) is 11.0. The van der Waals surface area contributed by atoms with Gasteiger partial charge in [0.1, 0.15) is 0 Å². The summed E-state index contributed by atoms with van der Waals surface area (Å²) in [4.78, 5) is 1.79. The first-order chi connectivity index (χ1) is 10.9. The standard InChI is InChI=1S/C15H7F4IOS2/c1-21-15-13(18)11(16)10(12(17)14(15)19)8-3-2-6(22-8)7-4-5-9(20)23-7/h2-5H,1H3. The van der Waals surface area contributed by atoms with Crippen molar-refractivity contribution in [1.82, 2.24) is 0 Å². The molecule has 0 aliphatic heterocycles. The second-order valence-electron chi connectivity index (χ2n) is 4.43. The zero-order chi connectivity index (χ0) is 16.7. The quantitative estimate of drug-likeness (QED) is 0.248. The second-order valence-corrected chi connectivity index (χ2v) is 8.49. The smallest absolute Gasteiger partial charge is 0.204 e. The summed E-state index contributed by atoms with van der Waals surface area (Å²) < 4.78 is 61.4. The van der Waals surface area contributed by atoms with Crippen molar-refractivity contribution in [3.8, 4) is 25.9 Å². The van der Waals surface area contributed by atoms with Gasteiger partial charge in [-0.2, -0.15) is 8.78 Å². The molecule has 0 aliphatic carbocycles. The number of benzene rings is 1. The minimum absolute atomic E-state index is 0.110. The number of hydrogen-bond acceptors (Lipinski definition) is 3. The summed E-state index contributed by atoms with van der Waals surface area (Å²) in [7, 11) is 0.946. The van der Waals surface area contributed by atoms with E-state index in [9.17, 15) is 17.6 Å². The third-order valence-corrected chi connectivity index (χ3v) is 6.29. The van der Waals surface area contributed by atoms with E-state index >= 15 is 0 Å². The minimum Gasteiger partial charge on any atom is -0.491 e. The molecule has 0 radical (unpaired) electrons. The summed E-state index contributed by atoms with van der Waals surface area (Å²) in [6.07, 6.45) is 0. The van der Waals surface area contributed by atoms with E-state index in [0.29, 0.717) is 0 Å². The van der Waals surface area contributed by atoms with Gasteiger partial charge in [-0.05, 0) is 46.9 Å². The molecule has 0 saturated carbocycles. The van der Waals surface area contributed by atoms with Crippen LogP contribution in [-0.2, 0) is 0 Å². The number of methoxy groups -OCH3 is 1. The molecule has 3 aromatic rings. The molecular weight excluding hydrogens is 463 g/mol. The molecule has 0 unspecified atom stereocenters. The van der Waals surface area contributed by atoms with Crippen LogP contribution in [0, 0.1) is 26.2 Å². The molecule has 1 nitrogen and oxygen atoms in total. The number of thiophene rings is 2. The highest BCUT2D eigenvalue weighted by Crippen LogP contribution is 2.42. The number of halogens is 5. The summed E-state index contributed by atoms with van der Waals surface area (Å²) in [5.74, 6) is -7.07. The Bertz CT molecular complexity index is 859. The predicted octanol–water partition coefficient (Wildman–Crippen LogP) is 6.31. The van der Waals surface area contributed by atoms with Crippen LogP contribution >= 0.6 is 45.3 Å². The molecular formula is C15H7F4IOS2. The van der Waals surface area contributed by atoms with Gasteiger partial charge >= 0.3 is 0 Å². The molecule has 0 amide bonds. The lowest BCUT2D eigenvalue weighted by molar-refractivity contribution is 0.334. The molecule has 0 fully saturated rings. The predicted molar refractivity (Wildman–Crippen MR) is 92.2 cm³/mol. The monoisotopic (exact) mass is 470 g/mol. The third-order valence-electron chi connectivity index (χ3n) is 3.10. The molecule has 0 atom stereocenters. The van der Waals surface area contributed by atoms with Crippen LogP contribution in [0.15, 0.2) is 24.3 Å². The van der Waals surface area contributed by atoms with Gasteiger partial charge in [0.05, 0.1) is 15.6 Å². The number of rotatable bonds is 3. The molecule has 2 heterocycles. The van der Waals surface area contributed by atoms with Crippen LogP contribution < -0.4 is 4.74 Å². The van der Waals surface area contributed by atoms with Gasteiger partial charge in [-0.15, -0.1) is 22.7 Å². The van der Waals surface area contributed by atoms with Crippen LogP contribution in [-0.4, -0.2) is 7.11 Å². The summed E-state index contributed by atoms with van der Waals surface area (Å²) in [6.45, 7) is 0. The number of ether oxygens (including phenoxy) is 1. The van der Waals surface area contributed by atoms with E-state index in [1.807, 2.05) is 12.1 Å². The van der Waals surface area contributed by atoms with Crippen LogP contribution in [0.1, 0.15) is 0 Å². The van der Waals surface area contributed by atoms with Gasteiger partial charge in [0.25, 0.3) is 0 Å². The van der Waals surface area contributed by atoms with Crippen molar-refractivity contribution in [2.75, 3.05) is 7.11 Å². The molecule has 0 aliphatic rings. The van der Waals surface area contributed by atoms with Crippen molar-refractivity contribution >= 4 is 45.3 Å². The summed E-state index contributed by atoms with van der Waals surface area (Å²) in [6, 6.07) is 6.90. The molecule has 0 spiro atoms. The molecule has 0 N–H and O–H groups in total. The first-order valence-electron chi connectivity index (χ1n) is 6.20. The van der Waals surface area contributed by atoms with Crippen LogP contribution in [0.4, 0.5) is 17.6 Å². The van der Waals surface area contributed by atoms with E-state index in [1.54, 1.807) is 6.07 Å². The Balaban J connectivity index is 2.15. The third kappa shape index (κ3) is 2.87. The highest BCUT2D eigenvalue weighted by molar-refractivity contribution is 14.1. The highest BCUT2D eigenvalue weighted by atomic mass is 127. The maximum absolute atomic E-state index is 14.1. The van der Waals surface area contributed by atoms with E-state index in [0.717, 1.165) is 31.1 Å². The fourth-order valence-electron chi connectivity index (χ4n) is 2.06. The van der Waals surface area contributed by atoms with Gasteiger partial charge in [0, 0.05) is 14.6 Å². The molecule has 8 heteroatoms. The van der Waals surface area contributed by atoms with Gasteiger partial charge in [-0.3, -0.25) is 0 Å². The second kappa shape index (κ2) is 6.40. The van der Waals surface area contributed by atoms with Crippen LogP contribution in [0.2, 0.25) is 0 Å². The average molecular weight is 470 g/mol. The molecule has 3 rings (SSSR count). The van der Waals surface area contributed by atoms with Crippen LogP contribution in [0.5, 0.6) is 5.75 Å². The molecule has 0 saturated heterocycles. The Labute approximate surface area is 150 Å². The molecule has 1 aromatic carbocycles. The first kappa shape index (κ1) is 16.7. The summed E-state index contributed by atoms with van der Waals surface area (Å²) in [5, 5.41) is 0. The largest absolute Gasteiger partial charge is 0.491 e. The lowest BCUT2D eigenvalue weighted by atomic mass is 10.1. The van der Waals surface area contributed by atoms with Crippen molar-refractivity contribution in [1.29, 1.82) is 0 Å². The topological polar surface area (TPSA) is 9.23 Å². The first-order valence-corrected chi connectivity index (χ1v) is 8.91. The van der Waals surface area contributed by atoms with Crippen LogP contribution in [0.3, 0.4) is 0 Å². The Kier molecular flexibility index (Phi) is 4.65. The van der Waals surface area contributed by atoms with Crippen molar-refractivity contribution < 1.29 is 22.3 Å². The fraction of sp³-hybridized carbons (Fsp3) is 0.0667. The summed E-state index contributed by atoms with van der Waals surface area (Å²) >= 11 is 4.74. The van der Waals surface area contributed by atoms with Crippen molar-refractivity contribution in [3.05, 3.63) is 50.4 Å². The van der Waals surface area contributed by atoms with E-state index in [4.69, 9.17) is 0 Å². The Hall–Kier alpha value is -1.13. The Morgan fingerprint density at radius 1 is 0.783 bits per heavy atom. The lowest BCUT2D eigenvalue weighted by Crippen LogP contribution is -2.03. The van der Waals surface area contributed by atoms with Gasteiger partial charge in [0.15, 0.2) is 17.4 Å². The Morgan fingerprint density at radius 3 is 1.83 bits per heavy atom. The van der Waals surface area contributed by atoms with Crippen molar-refractivity contribution in [3.63, 3.8) is 0 Å². The molecule has 23 heavy (non-hydrogen) atoms. The van der Waals surface area contributed by atoms with E-state index in [1.165, 1.54) is 17.4 Å². The van der Waals surface area contributed by atoms with Crippen molar-refractivity contribution in [2.45, 2.75) is 0 Å². The minimum atomic E-state index is -1.54. The molecule has 2 aromatic heterocycles. The van der Waals surface area contributed by atoms with Gasteiger partial charge in [-0.25, -0.2) is 8.78 Å². The van der Waals surface area contributed by atoms with E-state index in [-0.39, 0.29) is 4.88 Å². The SMILES string of the molecule is COc1c(F)c(F)c(-c2ccc(-c3ccc(I)s3)s2)c(F)c1F. The van der Waals surface area contributed by atoms with E-state index in [2.05, 4.69) is 27.3 Å². The van der Waals surface area contributed by atoms with Gasteiger partial charge in [-0.1, -0.05) is 0 Å². The zero-order valence-corrected chi connectivity index (χ0v) is 15.2. The van der Waals surface area contributed by atoms with E-state index < -0.39 is 34.6 Å².